The van der Waals surface area contributed by atoms with Gasteiger partial charge in [-0.05, 0) is 54.7 Å². The van der Waals surface area contributed by atoms with E-state index in [1.54, 1.807) is 18.2 Å². The van der Waals surface area contributed by atoms with Crippen LogP contribution in [0.5, 0.6) is 0 Å². The van der Waals surface area contributed by atoms with Crippen molar-refractivity contribution in [3.8, 4) is 0 Å². The molecule has 2 aliphatic rings. The molecule has 6 nitrogen and oxygen atoms in total. The molecule has 0 aromatic heterocycles. The molecule has 2 aromatic carbocycles. The summed E-state index contributed by atoms with van der Waals surface area (Å²) in [5.41, 5.74) is 1.23. The molecule has 2 aromatic rings. The second-order valence-electron chi connectivity index (χ2n) is 7.50. The van der Waals surface area contributed by atoms with E-state index in [0.717, 1.165) is 18.4 Å². The second-order valence-corrected chi connectivity index (χ2v) is 10.3. The molecule has 160 valence electrons. The van der Waals surface area contributed by atoms with Crippen molar-refractivity contribution in [2.75, 3.05) is 26.3 Å². The van der Waals surface area contributed by atoms with Gasteiger partial charge in [-0.3, -0.25) is 4.79 Å². The number of carbonyl (C=O) groups is 1. The van der Waals surface area contributed by atoms with Gasteiger partial charge in [-0.1, -0.05) is 35.3 Å². The molecule has 30 heavy (non-hydrogen) atoms. The Hall–Kier alpha value is -1.64. The van der Waals surface area contributed by atoms with E-state index in [-0.39, 0.29) is 40.5 Å². The number of sulfonamides is 1. The largest absolute Gasteiger partial charge is 0.379 e. The highest BCUT2D eigenvalue weighted by Crippen LogP contribution is 2.41. The van der Waals surface area contributed by atoms with Gasteiger partial charge in [0.2, 0.25) is 10.0 Å². The number of nitrogens with one attached hydrogen (secondary N) is 1. The van der Waals surface area contributed by atoms with E-state index in [4.69, 9.17) is 27.9 Å². The highest BCUT2D eigenvalue weighted by Gasteiger charge is 2.34. The highest BCUT2D eigenvalue weighted by molar-refractivity contribution is 7.89. The molecule has 1 heterocycles. The monoisotopic (exact) mass is 468 g/mol. The number of rotatable bonds is 6. The average Bonchev–Trinajstić information content (AvgIpc) is 3.58. The molecule has 0 bridgehead atoms. The Kier molecular flexibility index (Phi) is 6.36. The molecule has 0 radical (unpaired) electrons. The van der Waals surface area contributed by atoms with Gasteiger partial charge in [-0.15, -0.1) is 0 Å². The van der Waals surface area contributed by atoms with Crippen molar-refractivity contribution in [3.63, 3.8) is 0 Å². The Bertz CT molecular complexity index is 1030. The first-order valence-corrected chi connectivity index (χ1v) is 12.0. The Morgan fingerprint density at radius 1 is 1.07 bits per heavy atom. The molecule has 1 saturated heterocycles. The predicted octanol–water partition coefficient (Wildman–Crippen LogP) is 3.90. The smallest absolute Gasteiger partial charge is 0.251 e. The maximum Gasteiger partial charge on any atom is 0.251 e. The van der Waals surface area contributed by atoms with Crippen molar-refractivity contribution in [3.05, 3.63) is 63.6 Å². The summed E-state index contributed by atoms with van der Waals surface area (Å²) in [6.07, 6.45) is 2.07. The van der Waals surface area contributed by atoms with E-state index in [0.29, 0.717) is 24.2 Å². The number of hydrogen-bond acceptors (Lipinski definition) is 4. The van der Waals surface area contributed by atoms with E-state index >= 15 is 0 Å². The van der Waals surface area contributed by atoms with Gasteiger partial charge in [0.1, 0.15) is 4.90 Å². The lowest BCUT2D eigenvalue weighted by molar-refractivity contribution is 0.0730. The molecule has 2 fully saturated rings. The Balaban J connectivity index is 1.58. The summed E-state index contributed by atoms with van der Waals surface area (Å²) in [6, 6.07) is 11.6. The number of nitrogens with zero attached hydrogens (tertiary/aromatic N) is 1. The van der Waals surface area contributed by atoms with Gasteiger partial charge < -0.3 is 10.1 Å². The van der Waals surface area contributed by atoms with Crippen LogP contribution in [0, 0.1) is 5.92 Å². The van der Waals surface area contributed by atoms with Crippen LogP contribution in [0.25, 0.3) is 0 Å². The zero-order valence-electron chi connectivity index (χ0n) is 16.2. The zero-order valence-corrected chi connectivity index (χ0v) is 18.5. The molecule has 1 unspecified atom stereocenters. The number of halogens is 2. The van der Waals surface area contributed by atoms with E-state index < -0.39 is 10.0 Å². The number of benzene rings is 2. The third kappa shape index (κ3) is 4.65. The third-order valence-corrected chi connectivity index (χ3v) is 8.02. The minimum atomic E-state index is -3.81. The van der Waals surface area contributed by atoms with Crippen LogP contribution < -0.4 is 5.32 Å². The van der Waals surface area contributed by atoms with Gasteiger partial charge >= 0.3 is 0 Å². The summed E-state index contributed by atoms with van der Waals surface area (Å²) in [5.74, 6) is 0.0240. The summed E-state index contributed by atoms with van der Waals surface area (Å²) in [5, 5.41) is 3.78. The molecular formula is C21H22Cl2N2O4S. The fraction of sp³-hybridized carbons (Fsp3) is 0.381. The Morgan fingerprint density at radius 3 is 2.37 bits per heavy atom. The standard InChI is InChI=1S/C21H22Cl2N2O4S/c22-17-6-3-15(4-7-17)20(14-1-2-14)24-21(26)16-5-8-18(23)19(13-16)30(27,28)25-9-11-29-12-10-25/h3-8,13-14,20H,1-2,9-12H2,(H,24,26). The number of morpholine rings is 1. The summed E-state index contributed by atoms with van der Waals surface area (Å²) in [7, 11) is -3.81. The van der Waals surface area contributed by atoms with Crippen LogP contribution in [-0.2, 0) is 14.8 Å². The molecule has 1 amide bonds. The lowest BCUT2D eigenvalue weighted by Crippen LogP contribution is -2.40. The molecule has 1 atom stereocenters. The van der Waals surface area contributed by atoms with Crippen LogP contribution >= 0.6 is 23.2 Å². The second kappa shape index (κ2) is 8.85. The van der Waals surface area contributed by atoms with Crippen molar-refractivity contribution in [1.29, 1.82) is 0 Å². The van der Waals surface area contributed by atoms with Crippen LogP contribution in [0.15, 0.2) is 47.4 Å². The maximum atomic E-state index is 13.0. The van der Waals surface area contributed by atoms with Gasteiger partial charge in [-0.2, -0.15) is 4.31 Å². The fourth-order valence-electron chi connectivity index (χ4n) is 3.57. The first kappa shape index (κ1) is 21.6. The lowest BCUT2D eigenvalue weighted by Gasteiger charge is -2.26. The molecule has 1 aliphatic heterocycles. The normalized spacial score (nSPS) is 18.7. The fourth-order valence-corrected chi connectivity index (χ4v) is 5.60. The van der Waals surface area contributed by atoms with Gasteiger partial charge in [-0.25, -0.2) is 8.42 Å². The van der Waals surface area contributed by atoms with Crippen LogP contribution in [0.1, 0.15) is 34.8 Å². The van der Waals surface area contributed by atoms with Gasteiger partial charge in [0.05, 0.1) is 24.3 Å². The van der Waals surface area contributed by atoms with E-state index in [1.807, 2.05) is 12.1 Å². The number of hydrogen-bond donors (Lipinski definition) is 1. The van der Waals surface area contributed by atoms with Crippen molar-refractivity contribution in [2.24, 2.45) is 5.92 Å². The van der Waals surface area contributed by atoms with Crippen LogP contribution in [-0.4, -0.2) is 44.9 Å². The van der Waals surface area contributed by atoms with Crippen molar-refractivity contribution in [1.82, 2.24) is 9.62 Å². The molecule has 1 aliphatic carbocycles. The van der Waals surface area contributed by atoms with Crippen molar-refractivity contribution >= 4 is 39.1 Å². The van der Waals surface area contributed by atoms with Crippen molar-refractivity contribution < 1.29 is 17.9 Å². The maximum absolute atomic E-state index is 13.0. The molecule has 1 N–H and O–H groups in total. The topological polar surface area (TPSA) is 75.7 Å². The van der Waals surface area contributed by atoms with E-state index in [1.165, 1.54) is 16.4 Å². The van der Waals surface area contributed by atoms with Crippen LogP contribution in [0.3, 0.4) is 0 Å². The first-order valence-electron chi connectivity index (χ1n) is 9.80. The number of ether oxygens (including phenoxy) is 1. The SMILES string of the molecule is O=C(NC(c1ccc(Cl)cc1)C1CC1)c1ccc(Cl)c(S(=O)(=O)N2CCOCC2)c1. The van der Waals surface area contributed by atoms with Crippen LogP contribution in [0.2, 0.25) is 10.0 Å². The van der Waals surface area contributed by atoms with Gasteiger partial charge in [0, 0.05) is 23.7 Å². The Labute approximate surface area is 186 Å². The Morgan fingerprint density at radius 2 is 1.73 bits per heavy atom. The molecule has 1 saturated carbocycles. The molecule has 9 heteroatoms. The predicted molar refractivity (Wildman–Crippen MR) is 115 cm³/mol. The minimum Gasteiger partial charge on any atom is -0.379 e. The highest BCUT2D eigenvalue weighted by atomic mass is 35.5. The molecule has 4 rings (SSSR count). The average molecular weight is 469 g/mol. The van der Waals surface area contributed by atoms with E-state index in [2.05, 4.69) is 5.32 Å². The van der Waals surface area contributed by atoms with E-state index in [9.17, 15) is 13.2 Å². The summed E-state index contributed by atoms with van der Waals surface area (Å²) < 4.78 is 32.6. The zero-order chi connectivity index (χ0) is 21.3. The summed E-state index contributed by atoms with van der Waals surface area (Å²) >= 11 is 12.2. The van der Waals surface area contributed by atoms with Gasteiger partial charge in [0.15, 0.2) is 0 Å². The number of amides is 1. The van der Waals surface area contributed by atoms with Gasteiger partial charge in [0.25, 0.3) is 5.91 Å². The summed E-state index contributed by atoms with van der Waals surface area (Å²) in [4.78, 5) is 12.9. The van der Waals surface area contributed by atoms with Crippen LogP contribution in [0.4, 0.5) is 0 Å². The number of carbonyl (C=O) groups excluding carboxylic acids is 1. The first-order chi connectivity index (χ1) is 14.4. The quantitative estimate of drug-likeness (QED) is 0.697. The summed E-state index contributed by atoms with van der Waals surface area (Å²) in [6.45, 7) is 1.19. The minimum absolute atomic E-state index is 0.0619. The molecule has 0 spiro atoms. The van der Waals surface area contributed by atoms with Crippen molar-refractivity contribution in [2.45, 2.75) is 23.8 Å². The lowest BCUT2D eigenvalue weighted by atomic mass is 10.0. The molecular weight excluding hydrogens is 447 g/mol. The third-order valence-electron chi connectivity index (χ3n) is 5.39.